The van der Waals surface area contributed by atoms with Gasteiger partial charge in [-0.1, -0.05) is 68.1 Å². The Labute approximate surface area is 115 Å². The number of benzene rings is 2. The molecule has 98 valence electrons. The van der Waals surface area contributed by atoms with Gasteiger partial charge in [0.1, 0.15) is 0 Å². The lowest BCUT2D eigenvalue weighted by atomic mass is 9.70. The van der Waals surface area contributed by atoms with Gasteiger partial charge in [-0.2, -0.15) is 0 Å². The molecule has 0 amide bonds. The highest BCUT2D eigenvalue weighted by molar-refractivity contribution is 5.86. The van der Waals surface area contributed by atoms with E-state index >= 15 is 0 Å². The summed E-state index contributed by atoms with van der Waals surface area (Å²) in [6.07, 6.45) is 8.78. The molecule has 2 saturated carbocycles. The number of hydrogen-bond acceptors (Lipinski definition) is 0. The Balaban J connectivity index is 1.81. The van der Waals surface area contributed by atoms with Gasteiger partial charge in [-0.15, -0.1) is 0 Å². The van der Waals surface area contributed by atoms with Crippen molar-refractivity contribution in [1.82, 2.24) is 0 Å². The van der Waals surface area contributed by atoms with Gasteiger partial charge < -0.3 is 0 Å². The van der Waals surface area contributed by atoms with Crippen molar-refractivity contribution in [2.75, 3.05) is 0 Å². The summed E-state index contributed by atoms with van der Waals surface area (Å²) in [6, 6.07) is 15.8. The Kier molecular flexibility index (Phi) is 2.83. The van der Waals surface area contributed by atoms with Gasteiger partial charge in [-0.3, -0.25) is 0 Å². The predicted octanol–water partition coefficient (Wildman–Crippen LogP) is 5.52. The summed E-state index contributed by atoms with van der Waals surface area (Å²) in [5.41, 5.74) is 1.63. The predicted molar refractivity (Wildman–Crippen MR) is 81.4 cm³/mol. The number of fused-ring (bicyclic) bond motifs is 2. The molecular weight excluding hydrogens is 228 g/mol. The van der Waals surface area contributed by atoms with Gasteiger partial charge in [0.2, 0.25) is 0 Å². The summed E-state index contributed by atoms with van der Waals surface area (Å²) < 4.78 is 0. The summed E-state index contributed by atoms with van der Waals surface area (Å²) in [5, 5.41) is 2.92. The first-order valence-corrected chi connectivity index (χ1v) is 7.91. The Hall–Kier alpha value is -1.30. The maximum atomic E-state index is 2.40. The quantitative estimate of drug-likeness (QED) is 0.624. The standard InChI is InChI=1S/C19H22/c1-2-10-16-14(6-1)8-4-12-18(16)19-13-5-9-15-7-3-11-17(15)19/h1-2,4,6,8,10,12,15,17,19H,3,5,7,9,11,13H2. The molecule has 0 radical (unpaired) electrons. The molecule has 3 unspecified atom stereocenters. The maximum absolute atomic E-state index is 2.40. The minimum absolute atomic E-state index is 0.826. The van der Waals surface area contributed by atoms with Crippen LogP contribution in [0.4, 0.5) is 0 Å². The normalized spacial score (nSPS) is 30.4. The van der Waals surface area contributed by atoms with Gasteiger partial charge in [-0.05, 0) is 46.9 Å². The van der Waals surface area contributed by atoms with Crippen LogP contribution in [0.2, 0.25) is 0 Å². The van der Waals surface area contributed by atoms with Gasteiger partial charge in [0, 0.05) is 0 Å². The highest BCUT2D eigenvalue weighted by Gasteiger charge is 2.37. The van der Waals surface area contributed by atoms with Crippen LogP contribution in [0.1, 0.15) is 50.0 Å². The Morgan fingerprint density at radius 3 is 2.47 bits per heavy atom. The van der Waals surface area contributed by atoms with E-state index in [0.717, 1.165) is 17.8 Å². The smallest absolute Gasteiger partial charge is 0.0125 e. The van der Waals surface area contributed by atoms with Crippen molar-refractivity contribution in [2.24, 2.45) is 11.8 Å². The summed E-state index contributed by atoms with van der Waals surface area (Å²) >= 11 is 0. The fourth-order valence-electron chi connectivity index (χ4n) is 4.73. The van der Waals surface area contributed by atoms with E-state index in [1.807, 2.05) is 0 Å². The molecule has 0 nitrogen and oxygen atoms in total. The molecule has 0 bridgehead atoms. The largest absolute Gasteiger partial charge is 0.0616 e. The number of rotatable bonds is 1. The van der Waals surface area contributed by atoms with Crippen LogP contribution in [0, 0.1) is 11.8 Å². The van der Waals surface area contributed by atoms with Gasteiger partial charge in [-0.25, -0.2) is 0 Å². The molecule has 2 aromatic carbocycles. The molecule has 19 heavy (non-hydrogen) atoms. The van der Waals surface area contributed by atoms with Crippen LogP contribution in [0.3, 0.4) is 0 Å². The molecule has 0 aromatic heterocycles. The fraction of sp³-hybridized carbons (Fsp3) is 0.474. The van der Waals surface area contributed by atoms with Gasteiger partial charge in [0.25, 0.3) is 0 Å². The van der Waals surface area contributed by atoms with Crippen molar-refractivity contribution in [3.8, 4) is 0 Å². The Morgan fingerprint density at radius 2 is 1.53 bits per heavy atom. The number of hydrogen-bond donors (Lipinski definition) is 0. The van der Waals surface area contributed by atoms with Crippen molar-refractivity contribution < 1.29 is 0 Å². The monoisotopic (exact) mass is 250 g/mol. The molecule has 0 N–H and O–H groups in total. The third kappa shape index (κ3) is 1.89. The van der Waals surface area contributed by atoms with Gasteiger partial charge in [0.05, 0.1) is 0 Å². The molecule has 2 aliphatic carbocycles. The summed E-state index contributed by atoms with van der Waals surface area (Å²) in [5.74, 6) is 2.82. The molecule has 2 aliphatic rings. The second-order valence-electron chi connectivity index (χ2n) is 6.46. The van der Waals surface area contributed by atoms with Crippen LogP contribution in [-0.2, 0) is 0 Å². The molecule has 0 heterocycles. The fourth-order valence-corrected chi connectivity index (χ4v) is 4.73. The molecule has 0 aliphatic heterocycles. The average molecular weight is 250 g/mol. The molecule has 0 heteroatoms. The van der Waals surface area contributed by atoms with E-state index in [-0.39, 0.29) is 0 Å². The van der Waals surface area contributed by atoms with E-state index in [1.165, 1.54) is 49.3 Å². The SMILES string of the molecule is c1ccc2c(C3CCCC4CCCC43)cccc2c1. The lowest BCUT2D eigenvalue weighted by molar-refractivity contribution is 0.239. The summed E-state index contributed by atoms with van der Waals surface area (Å²) in [6.45, 7) is 0. The van der Waals surface area contributed by atoms with Crippen molar-refractivity contribution in [3.05, 3.63) is 48.0 Å². The van der Waals surface area contributed by atoms with E-state index in [1.54, 1.807) is 5.56 Å². The lowest BCUT2D eigenvalue weighted by Gasteiger charge is -2.35. The average Bonchev–Trinajstić information content (AvgIpc) is 2.95. The van der Waals surface area contributed by atoms with Crippen LogP contribution in [-0.4, -0.2) is 0 Å². The third-order valence-electron chi connectivity index (χ3n) is 5.55. The minimum Gasteiger partial charge on any atom is -0.0616 e. The third-order valence-corrected chi connectivity index (χ3v) is 5.55. The molecule has 0 spiro atoms. The van der Waals surface area contributed by atoms with Crippen molar-refractivity contribution in [1.29, 1.82) is 0 Å². The second kappa shape index (κ2) is 4.67. The van der Waals surface area contributed by atoms with E-state index in [4.69, 9.17) is 0 Å². The van der Waals surface area contributed by atoms with E-state index in [9.17, 15) is 0 Å². The van der Waals surface area contributed by atoms with Crippen molar-refractivity contribution in [3.63, 3.8) is 0 Å². The van der Waals surface area contributed by atoms with Crippen LogP contribution in [0.5, 0.6) is 0 Å². The zero-order valence-corrected chi connectivity index (χ0v) is 11.5. The first-order valence-electron chi connectivity index (χ1n) is 7.91. The highest BCUT2D eigenvalue weighted by Crippen LogP contribution is 2.50. The Bertz CT molecular complexity index is 578. The van der Waals surface area contributed by atoms with Crippen LogP contribution >= 0.6 is 0 Å². The minimum atomic E-state index is 0.826. The maximum Gasteiger partial charge on any atom is -0.0125 e. The van der Waals surface area contributed by atoms with Crippen molar-refractivity contribution in [2.45, 2.75) is 44.4 Å². The zero-order chi connectivity index (χ0) is 12.7. The lowest BCUT2D eigenvalue weighted by Crippen LogP contribution is -2.22. The molecule has 4 rings (SSSR count). The van der Waals surface area contributed by atoms with Crippen LogP contribution in [0.15, 0.2) is 42.5 Å². The van der Waals surface area contributed by atoms with Gasteiger partial charge in [0.15, 0.2) is 0 Å². The first kappa shape index (κ1) is 11.5. The topological polar surface area (TPSA) is 0 Å². The molecule has 2 aromatic rings. The van der Waals surface area contributed by atoms with E-state index in [2.05, 4.69) is 42.5 Å². The van der Waals surface area contributed by atoms with E-state index < -0.39 is 0 Å². The van der Waals surface area contributed by atoms with Crippen molar-refractivity contribution >= 4 is 10.8 Å². The van der Waals surface area contributed by atoms with Crippen LogP contribution < -0.4 is 0 Å². The molecule has 0 saturated heterocycles. The molecule has 2 fully saturated rings. The summed E-state index contributed by atoms with van der Waals surface area (Å²) in [4.78, 5) is 0. The zero-order valence-electron chi connectivity index (χ0n) is 11.5. The first-order chi connectivity index (χ1) is 9.43. The molecular formula is C19H22. The van der Waals surface area contributed by atoms with E-state index in [0.29, 0.717) is 0 Å². The Morgan fingerprint density at radius 1 is 0.737 bits per heavy atom. The van der Waals surface area contributed by atoms with Crippen LogP contribution in [0.25, 0.3) is 10.8 Å². The second-order valence-corrected chi connectivity index (χ2v) is 6.46. The highest BCUT2D eigenvalue weighted by atomic mass is 14.4. The van der Waals surface area contributed by atoms with Gasteiger partial charge >= 0.3 is 0 Å². The summed E-state index contributed by atoms with van der Waals surface area (Å²) in [7, 11) is 0. The molecule has 3 atom stereocenters.